The normalized spacial score (nSPS) is 11.6. The van der Waals surface area contributed by atoms with Crippen molar-refractivity contribution in [2.45, 2.75) is 31.7 Å². The second kappa shape index (κ2) is 9.76. The predicted molar refractivity (Wildman–Crippen MR) is 129 cm³/mol. The van der Waals surface area contributed by atoms with Gasteiger partial charge in [-0.05, 0) is 50.2 Å². The van der Waals surface area contributed by atoms with E-state index in [9.17, 15) is 13.2 Å². The van der Waals surface area contributed by atoms with E-state index >= 15 is 0 Å². The SMILES string of the molecule is CCOc1cccc2sc(N(Cc3ccco3)C(=O)CCS(=O)(=O)c3ccc(C)cc3)nc12. The third-order valence-corrected chi connectivity index (χ3v) is 7.84. The number of rotatable bonds is 9. The molecule has 0 saturated carbocycles. The molecule has 172 valence electrons. The van der Waals surface area contributed by atoms with E-state index in [1.165, 1.54) is 22.5 Å². The highest BCUT2D eigenvalue weighted by molar-refractivity contribution is 7.91. The van der Waals surface area contributed by atoms with Gasteiger partial charge in [0.2, 0.25) is 5.91 Å². The van der Waals surface area contributed by atoms with E-state index in [1.54, 1.807) is 36.4 Å². The molecule has 0 spiro atoms. The number of aryl methyl sites for hydroxylation is 1. The Bertz CT molecular complexity index is 1340. The fraction of sp³-hybridized carbons (Fsp3) is 0.250. The quantitative estimate of drug-likeness (QED) is 0.332. The van der Waals surface area contributed by atoms with Crippen LogP contribution in [0.4, 0.5) is 5.13 Å². The summed E-state index contributed by atoms with van der Waals surface area (Å²) in [7, 11) is -3.60. The first-order valence-corrected chi connectivity index (χ1v) is 13.0. The van der Waals surface area contributed by atoms with Crippen molar-refractivity contribution >= 4 is 42.4 Å². The van der Waals surface area contributed by atoms with Crippen LogP contribution < -0.4 is 9.64 Å². The number of anilines is 1. The topological polar surface area (TPSA) is 89.7 Å². The molecule has 1 amide bonds. The number of benzene rings is 2. The number of para-hydroxylation sites is 1. The fourth-order valence-corrected chi connectivity index (χ4v) is 5.57. The number of hydrogen-bond acceptors (Lipinski definition) is 7. The molecule has 0 unspecified atom stereocenters. The Morgan fingerprint density at radius 1 is 1.12 bits per heavy atom. The zero-order valence-corrected chi connectivity index (χ0v) is 20.0. The zero-order valence-electron chi connectivity index (χ0n) is 18.4. The Morgan fingerprint density at radius 2 is 1.91 bits per heavy atom. The van der Waals surface area contributed by atoms with Crippen LogP contribution in [-0.2, 0) is 21.2 Å². The van der Waals surface area contributed by atoms with Gasteiger partial charge in [0.05, 0.1) is 34.8 Å². The molecule has 0 fully saturated rings. The molecule has 2 aromatic carbocycles. The largest absolute Gasteiger partial charge is 0.492 e. The average Bonchev–Trinajstić information content (AvgIpc) is 3.46. The monoisotopic (exact) mass is 484 g/mol. The number of carbonyl (C=O) groups is 1. The first-order chi connectivity index (χ1) is 15.9. The van der Waals surface area contributed by atoms with Crippen molar-refractivity contribution in [1.82, 2.24) is 4.98 Å². The smallest absolute Gasteiger partial charge is 0.230 e. The van der Waals surface area contributed by atoms with Crippen LogP contribution in [-0.4, -0.2) is 31.7 Å². The molecule has 9 heteroatoms. The van der Waals surface area contributed by atoms with Crippen LogP contribution >= 0.6 is 11.3 Å². The Kier molecular flexibility index (Phi) is 6.80. The molecular weight excluding hydrogens is 460 g/mol. The standard InChI is InChI=1S/C24H24N2O5S2/c1-3-30-20-7-4-8-21-23(20)25-24(32-21)26(16-18-6-5-14-31-18)22(27)13-15-33(28,29)19-11-9-17(2)10-12-19/h4-12,14H,3,13,15-16H2,1-2H3. The van der Waals surface area contributed by atoms with Crippen molar-refractivity contribution in [3.05, 3.63) is 72.2 Å². The summed E-state index contributed by atoms with van der Waals surface area (Å²) in [6, 6.07) is 15.8. The first-order valence-electron chi connectivity index (χ1n) is 10.5. The maximum atomic E-state index is 13.2. The van der Waals surface area contributed by atoms with Crippen molar-refractivity contribution in [2.75, 3.05) is 17.3 Å². The number of thiazole rings is 1. The van der Waals surface area contributed by atoms with E-state index in [1.807, 2.05) is 32.0 Å². The van der Waals surface area contributed by atoms with Gasteiger partial charge >= 0.3 is 0 Å². The number of aromatic nitrogens is 1. The molecule has 0 atom stereocenters. The second-order valence-electron chi connectivity index (χ2n) is 7.47. The van der Waals surface area contributed by atoms with Gasteiger partial charge in [-0.3, -0.25) is 9.69 Å². The Morgan fingerprint density at radius 3 is 2.61 bits per heavy atom. The van der Waals surface area contributed by atoms with Gasteiger partial charge in [0.15, 0.2) is 15.0 Å². The average molecular weight is 485 g/mol. The molecule has 0 N–H and O–H groups in total. The molecule has 0 radical (unpaired) electrons. The highest BCUT2D eigenvalue weighted by atomic mass is 32.2. The summed E-state index contributed by atoms with van der Waals surface area (Å²) in [6.45, 7) is 4.44. The molecule has 2 heterocycles. The lowest BCUT2D eigenvalue weighted by molar-refractivity contribution is -0.118. The van der Waals surface area contributed by atoms with Gasteiger partial charge in [0, 0.05) is 6.42 Å². The molecule has 0 bridgehead atoms. The van der Waals surface area contributed by atoms with Crippen LogP contribution in [0.1, 0.15) is 24.7 Å². The Balaban J connectivity index is 1.60. The number of nitrogens with zero attached hydrogens (tertiary/aromatic N) is 2. The Labute approximate surface area is 196 Å². The highest BCUT2D eigenvalue weighted by Crippen LogP contribution is 2.35. The molecule has 0 saturated heterocycles. The van der Waals surface area contributed by atoms with E-state index in [2.05, 4.69) is 4.98 Å². The van der Waals surface area contributed by atoms with Gasteiger partial charge in [-0.25, -0.2) is 13.4 Å². The summed E-state index contributed by atoms with van der Waals surface area (Å²) < 4.78 is 37.5. The Hall–Kier alpha value is -3.17. The minimum absolute atomic E-state index is 0.153. The molecule has 0 aliphatic heterocycles. The highest BCUT2D eigenvalue weighted by Gasteiger charge is 2.25. The zero-order chi connectivity index (χ0) is 23.4. The third-order valence-electron chi connectivity index (χ3n) is 5.06. The second-order valence-corrected chi connectivity index (χ2v) is 10.6. The predicted octanol–water partition coefficient (Wildman–Crippen LogP) is 4.99. The molecule has 2 aromatic heterocycles. The molecule has 33 heavy (non-hydrogen) atoms. The number of furan rings is 1. The summed E-state index contributed by atoms with van der Waals surface area (Å²) >= 11 is 1.35. The summed E-state index contributed by atoms with van der Waals surface area (Å²) in [5, 5.41) is 0.464. The fourth-order valence-electron chi connectivity index (χ4n) is 3.34. The van der Waals surface area contributed by atoms with Gasteiger partial charge in [-0.15, -0.1) is 0 Å². The summed E-state index contributed by atoms with van der Waals surface area (Å²) in [5.74, 6) is 0.580. The van der Waals surface area contributed by atoms with E-state index in [-0.39, 0.29) is 29.5 Å². The van der Waals surface area contributed by atoms with Gasteiger partial charge in [-0.1, -0.05) is 35.1 Å². The summed E-state index contributed by atoms with van der Waals surface area (Å²) in [6.07, 6.45) is 1.36. The van der Waals surface area contributed by atoms with E-state index in [4.69, 9.17) is 9.15 Å². The number of ether oxygens (including phenoxy) is 1. The van der Waals surface area contributed by atoms with Gasteiger partial charge in [0.25, 0.3) is 0 Å². The molecular formula is C24H24N2O5S2. The van der Waals surface area contributed by atoms with Crippen LogP contribution in [0.2, 0.25) is 0 Å². The number of carbonyl (C=O) groups excluding carboxylic acids is 1. The maximum absolute atomic E-state index is 13.2. The van der Waals surface area contributed by atoms with Crippen molar-refractivity contribution < 1.29 is 22.4 Å². The van der Waals surface area contributed by atoms with Crippen LogP contribution in [0.25, 0.3) is 10.2 Å². The van der Waals surface area contributed by atoms with Crippen LogP contribution in [0.3, 0.4) is 0 Å². The van der Waals surface area contributed by atoms with Crippen molar-refractivity contribution in [1.29, 1.82) is 0 Å². The third kappa shape index (κ3) is 5.26. The van der Waals surface area contributed by atoms with Gasteiger partial charge < -0.3 is 9.15 Å². The summed E-state index contributed by atoms with van der Waals surface area (Å²) in [5.41, 5.74) is 1.64. The lowest BCUT2D eigenvalue weighted by Gasteiger charge is -2.18. The lowest BCUT2D eigenvalue weighted by atomic mass is 10.2. The van der Waals surface area contributed by atoms with Crippen molar-refractivity contribution in [3.63, 3.8) is 0 Å². The lowest BCUT2D eigenvalue weighted by Crippen LogP contribution is -2.31. The number of fused-ring (bicyclic) bond motifs is 1. The van der Waals surface area contributed by atoms with Crippen molar-refractivity contribution in [3.8, 4) is 5.75 Å². The number of hydrogen-bond donors (Lipinski definition) is 0. The van der Waals surface area contributed by atoms with Crippen LogP contribution in [0.5, 0.6) is 5.75 Å². The van der Waals surface area contributed by atoms with Crippen LogP contribution in [0.15, 0.2) is 70.2 Å². The molecule has 0 aliphatic carbocycles. The molecule has 0 aliphatic rings. The van der Waals surface area contributed by atoms with E-state index < -0.39 is 9.84 Å². The minimum Gasteiger partial charge on any atom is -0.492 e. The number of sulfone groups is 1. The maximum Gasteiger partial charge on any atom is 0.230 e. The molecule has 4 rings (SSSR count). The minimum atomic E-state index is -3.60. The summed E-state index contributed by atoms with van der Waals surface area (Å²) in [4.78, 5) is 19.6. The van der Waals surface area contributed by atoms with E-state index in [0.717, 1.165) is 10.3 Å². The first kappa shape index (κ1) is 23.0. The van der Waals surface area contributed by atoms with E-state index in [0.29, 0.717) is 28.8 Å². The van der Waals surface area contributed by atoms with Gasteiger partial charge in [-0.2, -0.15) is 0 Å². The molecule has 4 aromatic rings. The van der Waals surface area contributed by atoms with Gasteiger partial charge in [0.1, 0.15) is 17.0 Å². The number of amides is 1. The molecule has 7 nitrogen and oxygen atoms in total. The van der Waals surface area contributed by atoms with Crippen molar-refractivity contribution in [2.24, 2.45) is 0 Å². The van der Waals surface area contributed by atoms with Crippen LogP contribution in [0, 0.1) is 6.92 Å².